The van der Waals surface area contributed by atoms with Crippen molar-refractivity contribution in [3.8, 4) is 0 Å². The molecule has 2 saturated heterocycles. The van der Waals surface area contributed by atoms with Crippen LogP contribution >= 0.6 is 12.4 Å². The number of piperidine rings is 1. The van der Waals surface area contributed by atoms with Gasteiger partial charge in [-0.15, -0.1) is 12.4 Å². The summed E-state index contributed by atoms with van der Waals surface area (Å²) < 4.78 is 0. The van der Waals surface area contributed by atoms with Gasteiger partial charge in [0.25, 0.3) is 0 Å². The molecule has 1 saturated carbocycles. The van der Waals surface area contributed by atoms with Crippen LogP contribution in [0, 0.1) is 5.92 Å². The Morgan fingerprint density at radius 1 is 0.875 bits per heavy atom. The number of hydrogen-bond donors (Lipinski definition) is 1. The number of halogens is 1. The first-order valence-electron chi connectivity index (χ1n) is 9.44. The third-order valence-electron chi connectivity index (χ3n) is 6.00. The fraction of sp³-hybridized carbons (Fsp3) is 0.889. The average Bonchev–Trinajstić information content (AvgIpc) is 3.10. The van der Waals surface area contributed by atoms with Crippen molar-refractivity contribution in [2.45, 2.75) is 69.7 Å². The maximum Gasteiger partial charge on any atom is 0.242 e. The Kier molecular flexibility index (Phi) is 6.93. The number of likely N-dealkylation sites (tertiary alicyclic amines) is 2. The van der Waals surface area contributed by atoms with Crippen LogP contribution in [0.4, 0.5) is 0 Å². The molecule has 0 aromatic heterocycles. The van der Waals surface area contributed by atoms with Gasteiger partial charge in [0.05, 0.1) is 5.54 Å². The molecule has 3 rings (SSSR count). The van der Waals surface area contributed by atoms with E-state index in [1.54, 1.807) is 0 Å². The van der Waals surface area contributed by atoms with E-state index in [0.717, 1.165) is 77.5 Å². The quantitative estimate of drug-likeness (QED) is 0.842. The van der Waals surface area contributed by atoms with E-state index in [4.69, 9.17) is 5.73 Å². The van der Waals surface area contributed by atoms with Gasteiger partial charge in [0.1, 0.15) is 0 Å². The van der Waals surface area contributed by atoms with Gasteiger partial charge in [0.15, 0.2) is 0 Å². The fourth-order valence-electron chi connectivity index (χ4n) is 4.39. The predicted octanol–water partition coefficient (Wildman–Crippen LogP) is 2.32. The number of rotatable bonds is 3. The second kappa shape index (κ2) is 8.52. The van der Waals surface area contributed by atoms with Crippen LogP contribution in [0.1, 0.15) is 64.2 Å². The van der Waals surface area contributed by atoms with Crippen molar-refractivity contribution in [2.75, 3.05) is 26.2 Å². The highest BCUT2D eigenvalue weighted by Gasteiger charge is 2.39. The highest BCUT2D eigenvalue weighted by Crippen LogP contribution is 2.30. The SMILES string of the molecule is Cl.NC1(C(=O)N2CCC(CC(=O)N3CCCC3)CC2)CCCCC1. The summed E-state index contributed by atoms with van der Waals surface area (Å²) >= 11 is 0. The lowest BCUT2D eigenvalue weighted by atomic mass is 9.80. The van der Waals surface area contributed by atoms with Gasteiger partial charge < -0.3 is 15.5 Å². The largest absolute Gasteiger partial charge is 0.343 e. The first-order valence-corrected chi connectivity index (χ1v) is 9.44. The van der Waals surface area contributed by atoms with E-state index in [9.17, 15) is 9.59 Å². The minimum absolute atomic E-state index is 0. The summed E-state index contributed by atoms with van der Waals surface area (Å²) in [5.41, 5.74) is 5.76. The van der Waals surface area contributed by atoms with Gasteiger partial charge in [-0.3, -0.25) is 9.59 Å². The van der Waals surface area contributed by atoms with Gasteiger partial charge in [-0.1, -0.05) is 19.3 Å². The van der Waals surface area contributed by atoms with Gasteiger partial charge in [0, 0.05) is 32.6 Å². The first kappa shape index (κ1) is 19.5. The van der Waals surface area contributed by atoms with Crippen LogP contribution in [0.5, 0.6) is 0 Å². The molecule has 6 heteroatoms. The average molecular weight is 358 g/mol. The third-order valence-corrected chi connectivity index (χ3v) is 6.00. The molecule has 3 fully saturated rings. The molecule has 2 aliphatic heterocycles. The normalized spacial score (nSPS) is 24.5. The molecular formula is C18H32ClN3O2. The van der Waals surface area contributed by atoms with Crippen LogP contribution in [-0.2, 0) is 9.59 Å². The topological polar surface area (TPSA) is 66.6 Å². The van der Waals surface area contributed by atoms with Gasteiger partial charge in [0.2, 0.25) is 11.8 Å². The van der Waals surface area contributed by atoms with Crippen LogP contribution in [0.3, 0.4) is 0 Å². The molecule has 138 valence electrons. The maximum atomic E-state index is 12.7. The molecule has 0 radical (unpaired) electrons. The molecule has 0 atom stereocenters. The molecule has 0 aromatic carbocycles. The summed E-state index contributed by atoms with van der Waals surface area (Å²) in [7, 11) is 0. The molecule has 3 aliphatic rings. The summed E-state index contributed by atoms with van der Waals surface area (Å²) in [6.07, 6.45) is 9.87. The van der Waals surface area contributed by atoms with Crippen molar-refractivity contribution in [1.29, 1.82) is 0 Å². The third kappa shape index (κ3) is 4.42. The zero-order valence-electron chi connectivity index (χ0n) is 14.7. The van der Waals surface area contributed by atoms with Crippen molar-refractivity contribution < 1.29 is 9.59 Å². The van der Waals surface area contributed by atoms with E-state index >= 15 is 0 Å². The highest BCUT2D eigenvalue weighted by atomic mass is 35.5. The smallest absolute Gasteiger partial charge is 0.242 e. The summed E-state index contributed by atoms with van der Waals surface area (Å²) in [5.74, 6) is 0.906. The number of carbonyl (C=O) groups excluding carboxylic acids is 2. The number of hydrogen-bond acceptors (Lipinski definition) is 3. The molecule has 0 unspecified atom stereocenters. The number of nitrogens with zero attached hydrogens (tertiary/aromatic N) is 2. The van der Waals surface area contributed by atoms with Crippen molar-refractivity contribution >= 4 is 24.2 Å². The summed E-state index contributed by atoms with van der Waals surface area (Å²) in [6.45, 7) is 3.42. The molecule has 2 amide bonds. The van der Waals surface area contributed by atoms with Gasteiger partial charge in [-0.25, -0.2) is 0 Å². The lowest BCUT2D eigenvalue weighted by molar-refractivity contribution is -0.140. The summed E-state index contributed by atoms with van der Waals surface area (Å²) in [5, 5.41) is 0. The van der Waals surface area contributed by atoms with E-state index in [1.807, 2.05) is 9.80 Å². The fourth-order valence-corrected chi connectivity index (χ4v) is 4.39. The molecule has 0 bridgehead atoms. The highest BCUT2D eigenvalue weighted by molar-refractivity contribution is 5.86. The minimum atomic E-state index is -0.615. The predicted molar refractivity (Wildman–Crippen MR) is 97.0 cm³/mol. The van der Waals surface area contributed by atoms with Crippen molar-refractivity contribution in [1.82, 2.24) is 9.80 Å². The molecular weight excluding hydrogens is 326 g/mol. The molecule has 0 aromatic rings. The van der Waals surface area contributed by atoms with E-state index in [2.05, 4.69) is 0 Å². The van der Waals surface area contributed by atoms with Crippen LogP contribution in [0.2, 0.25) is 0 Å². The molecule has 2 heterocycles. The molecule has 24 heavy (non-hydrogen) atoms. The standard InChI is InChI=1S/C18H31N3O2.ClH/c19-18(8-2-1-3-9-18)17(23)21-12-6-15(7-13-21)14-16(22)20-10-4-5-11-20;/h15H,1-14,19H2;1H. The molecule has 0 spiro atoms. The van der Waals surface area contributed by atoms with Crippen LogP contribution in [0.15, 0.2) is 0 Å². The molecule has 5 nitrogen and oxygen atoms in total. The Morgan fingerprint density at radius 3 is 2.04 bits per heavy atom. The monoisotopic (exact) mass is 357 g/mol. The van der Waals surface area contributed by atoms with Crippen molar-refractivity contribution in [2.24, 2.45) is 11.7 Å². The Morgan fingerprint density at radius 2 is 1.46 bits per heavy atom. The Balaban J connectivity index is 0.00000208. The van der Waals surface area contributed by atoms with Gasteiger partial charge in [-0.05, 0) is 44.4 Å². The van der Waals surface area contributed by atoms with Gasteiger partial charge >= 0.3 is 0 Å². The summed E-state index contributed by atoms with van der Waals surface area (Å²) in [4.78, 5) is 29.0. The second-order valence-electron chi connectivity index (χ2n) is 7.74. The molecule has 2 N–H and O–H groups in total. The zero-order chi connectivity index (χ0) is 16.3. The van der Waals surface area contributed by atoms with Crippen LogP contribution in [-0.4, -0.2) is 53.3 Å². The van der Waals surface area contributed by atoms with Gasteiger partial charge in [-0.2, -0.15) is 0 Å². The van der Waals surface area contributed by atoms with E-state index in [1.165, 1.54) is 6.42 Å². The number of amides is 2. The first-order chi connectivity index (χ1) is 11.1. The lowest BCUT2D eigenvalue weighted by Gasteiger charge is -2.40. The lowest BCUT2D eigenvalue weighted by Crippen LogP contribution is -2.57. The van der Waals surface area contributed by atoms with E-state index in [0.29, 0.717) is 18.2 Å². The Hall–Kier alpha value is -0.810. The van der Waals surface area contributed by atoms with E-state index < -0.39 is 5.54 Å². The van der Waals surface area contributed by atoms with Crippen molar-refractivity contribution in [3.05, 3.63) is 0 Å². The number of nitrogens with two attached hydrogens (primary N) is 1. The zero-order valence-corrected chi connectivity index (χ0v) is 15.5. The second-order valence-corrected chi connectivity index (χ2v) is 7.74. The van der Waals surface area contributed by atoms with E-state index in [-0.39, 0.29) is 18.3 Å². The minimum Gasteiger partial charge on any atom is -0.343 e. The Bertz CT molecular complexity index is 438. The van der Waals surface area contributed by atoms with Crippen molar-refractivity contribution in [3.63, 3.8) is 0 Å². The molecule has 1 aliphatic carbocycles. The maximum absolute atomic E-state index is 12.7. The van der Waals surface area contributed by atoms with Crippen LogP contribution < -0.4 is 5.73 Å². The summed E-state index contributed by atoms with van der Waals surface area (Å²) in [6, 6.07) is 0. The number of carbonyl (C=O) groups is 2. The van der Waals surface area contributed by atoms with Crippen LogP contribution in [0.25, 0.3) is 0 Å². The Labute approximate surface area is 151 Å².